The zero-order valence-corrected chi connectivity index (χ0v) is 14.9. The second-order valence-corrected chi connectivity index (χ2v) is 7.48. The van der Waals surface area contributed by atoms with Gasteiger partial charge < -0.3 is 5.73 Å². The lowest BCUT2D eigenvalue weighted by molar-refractivity contribution is 0.130. The summed E-state index contributed by atoms with van der Waals surface area (Å²) in [4.78, 5) is 2.32. The number of hydrogen-bond donors (Lipinski definition) is 1. The van der Waals surface area contributed by atoms with Crippen molar-refractivity contribution in [1.29, 1.82) is 15.8 Å². The molecule has 0 aromatic heterocycles. The molecule has 5 heteroatoms. The third-order valence-electron chi connectivity index (χ3n) is 5.32. The zero-order chi connectivity index (χ0) is 18.1. The molecule has 2 aliphatic rings. The monoisotopic (exact) mass is 323 g/mol. The predicted molar refractivity (Wildman–Crippen MR) is 91.7 cm³/mol. The van der Waals surface area contributed by atoms with Crippen LogP contribution in [0.15, 0.2) is 22.9 Å². The molecule has 2 N–H and O–H groups in total. The van der Waals surface area contributed by atoms with E-state index in [1.807, 2.05) is 0 Å². The van der Waals surface area contributed by atoms with Gasteiger partial charge in [-0.3, -0.25) is 4.90 Å². The van der Waals surface area contributed by atoms with Crippen LogP contribution < -0.4 is 5.73 Å². The SMILES string of the molecule is CC(C)C[C@@H]1[C@@H]2CN(C(C)C)CC=C2C(C#N)=C(N)C1(C#N)C#N. The second kappa shape index (κ2) is 6.68. The molecule has 0 radical (unpaired) electrons. The third kappa shape index (κ3) is 2.68. The van der Waals surface area contributed by atoms with Crippen LogP contribution in [0.2, 0.25) is 0 Å². The van der Waals surface area contributed by atoms with Gasteiger partial charge in [-0.15, -0.1) is 0 Å². The van der Waals surface area contributed by atoms with Crippen molar-refractivity contribution in [2.45, 2.75) is 40.2 Å². The summed E-state index contributed by atoms with van der Waals surface area (Å²) >= 11 is 0. The molecule has 5 nitrogen and oxygen atoms in total. The third-order valence-corrected chi connectivity index (χ3v) is 5.32. The van der Waals surface area contributed by atoms with Gasteiger partial charge in [-0.2, -0.15) is 15.8 Å². The first-order chi connectivity index (χ1) is 11.3. The Hall–Kier alpha value is -2.29. The topological polar surface area (TPSA) is 101 Å². The van der Waals surface area contributed by atoms with E-state index in [1.165, 1.54) is 0 Å². The fourth-order valence-corrected chi connectivity index (χ4v) is 3.98. The van der Waals surface area contributed by atoms with Gasteiger partial charge >= 0.3 is 0 Å². The molecule has 0 amide bonds. The van der Waals surface area contributed by atoms with Crippen LogP contribution in [0.5, 0.6) is 0 Å². The van der Waals surface area contributed by atoms with Crippen molar-refractivity contribution >= 4 is 0 Å². The quantitative estimate of drug-likeness (QED) is 0.860. The molecule has 0 saturated heterocycles. The minimum atomic E-state index is -1.42. The Morgan fingerprint density at radius 2 is 1.88 bits per heavy atom. The highest BCUT2D eigenvalue weighted by atomic mass is 15.2. The molecule has 0 aromatic carbocycles. The van der Waals surface area contributed by atoms with Gasteiger partial charge in [0, 0.05) is 31.0 Å². The number of nitriles is 3. The van der Waals surface area contributed by atoms with Gasteiger partial charge in [-0.25, -0.2) is 0 Å². The van der Waals surface area contributed by atoms with E-state index < -0.39 is 5.41 Å². The summed E-state index contributed by atoms with van der Waals surface area (Å²) in [5.41, 5.74) is 6.20. The number of hydrogen-bond acceptors (Lipinski definition) is 5. The lowest BCUT2D eigenvalue weighted by Gasteiger charge is -2.46. The van der Waals surface area contributed by atoms with Crippen molar-refractivity contribution in [3.8, 4) is 18.2 Å². The summed E-state index contributed by atoms with van der Waals surface area (Å²) in [5, 5.41) is 29.3. The fraction of sp³-hybridized carbons (Fsp3) is 0.632. The molecule has 0 spiro atoms. The van der Waals surface area contributed by atoms with E-state index >= 15 is 0 Å². The lowest BCUT2D eigenvalue weighted by atomic mass is 9.58. The summed E-state index contributed by atoms with van der Waals surface area (Å²) in [5.74, 6) is 0.130. The largest absolute Gasteiger partial charge is 0.399 e. The number of rotatable bonds is 3. The Bertz CT molecular complexity index is 679. The highest BCUT2D eigenvalue weighted by molar-refractivity contribution is 5.56. The highest BCUT2D eigenvalue weighted by Gasteiger charge is 2.53. The van der Waals surface area contributed by atoms with Crippen molar-refractivity contribution in [2.24, 2.45) is 28.9 Å². The average Bonchev–Trinajstić information content (AvgIpc) is 2.55. The zero-order valence-electron chi connectivity index (χ0n) is 14.9. The number of fused-ring (bicyclic) bond motifs is 1. The van der Waals surface area contributed by atoms with E-state index in [2.05, 4.69) is 56.9 Å². The smallest absolute Gasteiger partial charge is 0.187 e. The number of nitrogens with two attached hydrogens (primary N) is 1. The first-order valence-corrected chi connectivity index (χ1v) is 8.49. The van der Waals surface area contributed by atoms with E-state index in [4.69, 9.17) is 5.73 Å². The molecule has 0 aromatic rings. The molecule has 126 valence electrons. The normalized spacial score (nSPS) is 26.4. The maximum Gasteiger partial charge on any atom is 0.187 e. The Morgan fingerprint density at radius 3 is 2.33 bits per heavy atom. The summed E-state index contributed by atoms with van der Waals surface area (Å²) in [6.07, 6.45) is 2.79. The minimum Gasteiger partial charge on any atom is -0.399 e. The van der Waals surface area contributed by atoms with Crippen molar-refractivity contribution in [3.05, 3.63) is 22.9 Å². The first kappa shape index (κ1) is 18.1. The van der Waals surface area contributed by atoms with Gasteiger partial charge in [0.25, 0.3) is 0 Å². The van der Waals surface area contributed by atoms with Crippen LogP contribution in [0.3, 0.4) is 0 Å². The second-order valence-electron chi connectivity index (χ2n) is 7.48. The first-order valence-electron chi connectivity index (χ1n) is 8.49. The maximum absolute atomic E-state index is 9.84. The molecule has 2 atom stereocenters. The summed E-state index contributed by atoms with van der Waals surface area (Å²) in [7, 11) is 0. The summed E-state index contributed by atoms with van der Waals surface area (Å²) < 4.78 is 0. The van der Waals surface area contributed by atoms with Crippen LogP contribution in [0.1, 0.15) is 34.1 Å². The van der Waals surface area contributed by atoms with E-state index in [-0.39, 0.29) is 17.5 Å². The van der Waals surface area contributed by atoms with Crippen LogP contribution in [0.4, 0.5) is 0 Å². The Morgan fingerprint density at radius 1 is 1.25 bits per heavy atom. The molecule has 0 unspecified atom stereocenters. The van der Waals surface area contributed by atoms with Crippen LogP contribution in [0.25, 0.3) is 0 Å². The molecular formula is C19H25N5. The van der Waals surface area contributed by atoms with E-state index in [0.29, 0.717) is 17.5 Å². The predicted octanol–water partition coefficient (Wildman–Crippen LogP) is 2.70. The van der Waals surface area contributed by atoms with Crippen molar-refractivity contribution in [2.75, 3.05) is 13.1 Å². The lowest BCUT2D eigenvalue weighted by Crippen LogP contribution is -2.50. The Balaban J connectivity index is 2.67. The summed E-state index contributed by atoms with van der Waals surface area (Å²) in [6, 6.07) is 6.88. The van der Waals surface area contributed by atoms with Crippen molar-refractivity contribution < 1.29 is 0 Å². The average molecular weight is 323 g/mol. The van der Waals surface area contributed by atoms with Gasteiger partial charge in [0.05, 0.1) is 23.4 Å². The standard InChI is InChI=1S/C19H25N5/c1-12(2)7-17-16-9-24(13(3)4)6-5-14(16)15(8-20)18(23)19(17,10-21)11-22/h5,12-13,16-17H,6-7,9,23H2,1-4H3/t16-,17-/m1/s1. The molecule has 0 fully saturated rings. The van der Waals surface area contributed by atoms with E-state index in [0.717, 1.165) is 25.1 Å². The fourth-order valence-electron chi connectivity index (χ4n) is 3.98. The van der Waals surface area contributed by atoms with Crippen LogP contribution in [-0.4, -0.2) is 24.0 Å². The Kier molecular flexibility index (Phi) is 5.02. The molecule has 24 heavy (non-hydrogen) atoms. The molecular weight excluding hydrogens is 298 g/mol. The maximum atomic E-state index is 9.84. The van der Waals surface area contributed by atoms with Gasteiger partial charge in [0.1, 0.15) is 6.07 Å². The van der Waals surface area contributed by atoms with Gasteiger partial charge in [0.2, 0.25) is 0 Å². The van der Waals surface area contributed by atoms with Crippen molar-refractivity contribution in [3.63, 3.8) is 0 Å². The van der Waals surface area contributed by atoms with Gasteiger partial charge in [-0.1, -0.05) is 19.9 Å². The molecule has 1 aliphatic carbocycles. The Labute approximate surface area is 144 Å². The number of nitrogens with zero attached hydrogens (tertiary/aromatic N) is 4. The van der Waals surface area contributed by atoms with Crippen molar-refractivity contribution in [1.82, 2.24) is 4.90 Å². The molecule has 1 heterocycles. The molecule has 0 saturated carbocycles. The molecule has 0 bridgehead atoms. The minimum absolute atomic E-state index is 0.00944. The van der Waals surface area contributed by atoms with Crippen LogP contribution in [0, 0.1) is 57.2 Å². The summed E-state index contributed by atoms with van der Waals surface area (Å²) in [6.45, 7) is 9.97. The van der Waals surface area contributed by atoms with E-state index in [9.17, 15) is 15.8 Å². The van der Waals surface area contributed by atoms with Crippen LogP contribution in [-0.2, 0) is 0 Å². The van der Waals surface area contributed by atoms with Gasteiger partial charge in [-0.05, 0) is 31.8 Å². The van der Waals surface area contributed by atoms with E-state index in [1.54, 1.807) is 0 Å². The highest BCUT2D eigenvalue weighted by Crippen LogP contribution is 2.51. The molecule has 2 rings (SSSR count). The van der Waals surface area contributed by atoms with Crippen LogP contribution >= 0.6 is 0 Å². The number of allylic oxidation sites excluding steroid dienone is 2. The molecule has 1 aliphatic heterocycles. The van der Waals surface area contributed by atoms with Gasteiger partial charge in [0.15, 0.2) is 5.41 Å².